The van der Waals surface area contributed by atoms with Crippen LogP contribution in [-0.4, -0.2) is 61.7 Å². The van der Waals surface area contributed by atoms with Gasteiger partial charge in [0.05, 0.1) is 60.3 Å². The van der Waals surface area contributed by atoms with Crippen molar-refractivity contribution in [2.24, 2.45) is 5.73 Å². The first-order chi connectivity index (χ1) is 16.7. The predicted octanol–water partition coefficient (Wildman–Crippen LogP) is 2.40. The molecule has 4 rings (SSSR count). The molecule has 7 N–H and O–H groups in total. The van der Waals surface area contributed by atoms with E-state index in [9.17, 15) is 18.7 Å². The van der Waals surface area contributed by atoms with Crippen LogP contribution >= 0.6 is 0 Å². The summed E-state index contributed by atoms with van der Waals surface area (Å²) in [7, 11) is 0. The average Bonchev–Trinajstić information content (AvgIpc) is 3.71. The van der Waals surface area contributed by atoms with Crippen LogP contribution < -0.4 is 11.1 Å². The lowest BCUT2D eigenvalue weighted by Gasteiger charge is -2.20. The first-order valence-electron chi connectivity index (χ1n) is 10.7. The van der Waals surface area contributed by atoms with E-state index in [0.29, 0.717) is 17.3 Å². The van der Waals surface area contributed by atoms with E-state index in [4.69, 9.17) is 21.1 Å². The molecule has 1 heterocycles. The first-order valence-corrected chi connectivity index (χ1v) is 10.7. The Bertz CT molecular complexity index is 1140. The largest absolute Gasteiger partial charge is 0.478 e. The maximum atomic E-state index is 13.8. The molecule has 0 spiro atoms. The van der Waals surface area contributed by atoms with Crippen LogP contribution in [0.5, 0.6) is 0 Å². The number of aliphatic hydroxyl groups excluding tert-OH is 3. The number of aromatic carboxylic acids is 1. The number of nitrogens with one attached hydrogen (secondary N) is 1. The number of aliphatic hydroxyl groups is 3. The summed E-state index contributed by atoms with van der Waals surface area (Å²) in [6.45, 7) is -1.21. The van der Waals surface area contributed by atoms with E-state index in [1.165, 1.54) is 18.5 Å². The lowest BCUT2D eigenvalue weighted by atomic mass is 10.0. The van der Waals surface area contributed by atoms with Gasteiger partial charge in [-0.2, -0.15) is 0 Å². The number of carboxylic acid groups (broad SMARTS) is 1. The SMILES string of the molecule is NC(CO)(CO)CO.O=C(O)c1cc(C2CC2)ccc1Nc1cnc(-c2c(F)cccc2F)nc1. The normalized spacial score (nSPS) is 13.1. The molecule has 0 saturated heterocycles. The molecule has 0 radical (unpaired) electrons. The number of nitrogens with two attached hydrogens (primary N) is 1. The Morgan fingerprint density at radius 2 is 1.60 bits per heavy atom. The van der Waals surface area contributed by atoms with Crippen LogP contribution in [0.3, 0.4) is 0 Å². The molecule has 1 fully saturated rings. The van der Waals surface area contributed by atoms with Crippen molar-refractivity contribution in [3.8, 4) is 11.4 Å². The molecule has 2 aromatic carbocycles. The molecule has 0 amide bonds. The Hall–Kier alpha value is -3.51. The number of rotatable bonds is 8. The van der Waals surface area contributed by atoms with Gasteiger partial charge in [0.25, 0.3) is 0 Å². The molecule has 3 aromatic rings. The highest BCUT2D eigenvalue weighted by Crippen LogP contribution is 2.41. The number of halogens is 2. The molecule has 9 nitrogen and oxygen atoms in total. The number of anilines is 2. The van der Waals surface area contributed by atoms with E-state index in [-0.39, 0.29) is 17.0 Å². The van der Waals surface area contributed by atoms with Crippen molar-refractivity contribution in [2.45, 2.75) is 24.3 Å². The predicted molar refractivity (Wildman–Crippen MR) is 124 cm³/mol. The summed E-state index contributed by atoms with van der Waals surface area (Å²) in [5, 5.41) is 37.4. The van der Waals surface area contributed by atoms with E-state index in [1.54, 1.807) is 12.1 Å². The summed E-state index contributed by atoms with van der Waals surface area (Å²) >= 11 is 0. The summed E-state index contributed by atoms with van der Waals surface area (Å²) in [5.74, 6) is -2.18. The van der Waals surface area contributed by atoms with Gasteiger partial charge in [-0.3, -0.25) is 0 Å². The topological polar surface area (TPSA) is 162 Å². The molecule has 186 valence electrons. The van der Waals surface area contributed by atoms with Crippen molar-refractivity contribution < 1.29 is 34.0 Å². The molecule has 0 bridgehead atoms. The van der Waals surface area contributed by atoms with Gasteiger partial charge in [0.15, 0.2) is 5.82 Å². The van der Waals surface area contributed by atoms with Crippen molar-refractivity contribution in [3.63, 3.8) is 0 Å². The fraction of sp³-hybridized carbons (Fsp3) is 0.292. The number of nitrogens with zero attached hydrogens (tertiary/aromatic N) is 2. The lowest BCUT2D eigenvalue weighted by molar-refractivity contribution is 0.0692. The monoisotopic (exact) mass is 488 g/mol. The third-order valence-corrected chi connectivity index (χ3v) is 5.38. The molecule has 0 atom stereocenters. The van der Waals surface area contributed by atoms with Gasteiger partial charge in [0.1, 0.15) is 11.6 Å². The van der Waals surface area contributed by atoms with Crippen LogP contribution in [-0.2, 0) is 0 Å². The molecule has 1 aliphatic carbocycles. The minimum atomic E-state index is -1.21. The molecule has 1 aliphatic rings. The lowest BCUT2D eigenvalue weighted by Crippen LogP contribution is -2.50. The maximum Gasteiger partial charge on any atom is 0.337 e. The fourth-order valence-corrected chi connectivity index (χ4v) is 3.06. The first kappa shape index (κ1) is 26.1. The summed E-state index contributed by atoms with van der Waals surface area (Å²) in [6.07, 6.45) is 4.87. The van der Waals surface area contributed by atoms with Crippen molar-refractivity contribution >= 4 is 17.3 Å². The molecule has 35 heavy (non-hydrogen) atoms. The Balaban J connectivity index is 0.000000371. The van der Waals surface area contributed by atoms with Gasteiger partial charge in [-0.15, -0.1) is 0 Å². The number of hydrogen-bond acceptors (Lipinski definition) is 8. The maximum absolute atomic E-state index is 13.8. The van der Waals surface area contributed by atoms with E-state index in [0.717, 1.165) is 30.5 Å². The highest BCUT2D eigenvalue weighted by molar-refractivity contribution is 5.95. The van der Waals surface area contributed by atoms with Crippen molar-refractivity contribution in [3.05, 3.63) is 71.6 Å². The zero-order chi connectivity index (χ0) is 25.6. The second kappa shape index (κ2) is 11.3. The van der Waals surface area contributed by atoms with Crippen LogP contribution in [0.1, 0.15) is 34.7 Å². The fourth-order valence-electron chi connectivity index (χ4n) is 3.06. The average molecular weight is 488 g/mol. The van der Waals surface area contributed by atoms with E-state index >= 15 is 0 Å². The van der Waals surface area contributed by atoms with Gasteiger partial charge in [-0.05, 0) is 48.6 Å². The number of carboxylic acids is 1. The minimum absolute atomic E-state index is 0.0845. The second-order valence-corrected chi connectivity index (χ2v) is 8.24. The van der Waals surface area contributed by atoms with Crippen LogP contribution in [0.2, 0.25) is 0 Å². The number of carbonyl (C=O) groups is 1. The molecular formula is C24H26F2N4O5. The smallest absolute Gasteiger partial charge is 0.337 e. The van der Waals surface area contributed by atoms with Gasteiger partial charge in [-0.1, -0.05) is 12.1 Å². The van der Waals surface area contributed by atoms with Crippen LogP contribution in [0.15, 0.2) is 48.8 Å². The minimum Gasteiger partial charge on any atom is -0.478 e. The van der Waals surface area contributed by atoms with Crippen LogP contribution in [0, 0.1) is 11.6 Å². The van der Waals surface area contributed by atoms with E-state index in [2.05, 4.69) is 15.3 Å². The Labute approximate surface area is 199 Å². The summed E-state index contributed by atoms with van der Waals surface area (Å²) < 4.78 is 27.7. The highest BCUT2D eigenvalue weighted by Gasteiger charge is 2.25. The third kappa shape index (κ3) is 6.55. The van der Waals surface area contributed by atoms with Crippen molar-refractivity contribution in [1.82, 2.24) is 9.97 Å². The van der Waals surface area contributed by atoms with Crippen LogP contribution in [0.25, 0.3) is 11.4 Å². The summed E-state index contributed by atoms with van der Waals surface area (Å²) in [5.41, 5.74) is 5.62. The van der Waals surface area contributed by atoms with E-state index < -0.39 is 43.0 Å². The van der Waals surface area contributed by atoms with Crippen molar-refractivity contribution in [1.29, 1.82) is 0 Å². The van der Waals surface area contributed by atoms with Crippen LogP contribution in [0.4, 0.5) is 20.2 Å². The Kier molecular flexibility index (Phi) is 8.41. The Morgan fingerprint density at radius 3 is 2.06 bits per heavy atom. The highest BCUT2D eigenvalue weighted by atomic mass is 19.1. The number of aromatic nitrogens is 2. The number of hydrogen-bond donors (Lipinski definition) is 6. The van der Waals surface area contributed by atoms with Gasteiger partial charge in [0.2, 0.25) is 0 Å². The molecule has 11 heteroatoms. The molecule has 0 unspecified atom stereocenters. The summed E-state index contributed by atoms with van der Waals surface area (Å²) in [6, 6.07) is 8.82. The van der Waals surface area contributed by atoms with E-state index in [1.807, 2.05) is 6.07 Å². The van der Waals surface area contributed by atoms with Gasteiger partial charge in [0, 0.05) is 0 Å². The molecule has 1 aromatic heterocycles. The Morgan fingerprint density at radius 1 is 1.03 bits per heavy atom. The van der Waals surface area contributed by atoms with Gasteiger partial charge < -0.3 is 31.5 Å². The molecule has 1 saturated carbocycles. The zero-order valence-corrected chi connectivity index (χ0v) is 18.7. The zero-order valence-electron chi connectivity index (χ0n) is 18.7. The second-order valence-electron chi connectivity index (χ2n) is 8.24. The summed E-state index contributed by atoms with van der Waals surface area (Å²) in [4.78, 5) is 19.6. The van der Waals surface area contributed by atoms with Crippen molar-refractivity contribution in [2.75, 3.05) is 25.1 Å². The molecule has 0 aliphatic heterocycles. The van der Waals surface area contributed by atoms with Gasteiger partial charge >= 0.3 is 5.97 Å². The molecular weight excluding hydrogens is 462 g/mol. The number of benzene rings is 2. The van der Waals surface area contributed by atoms with Gasteiger partial charge in [-0.25, -0.2) is 23.5 Å². The standard InChI is InChI=1S/C20H15F2N3O2.C4H11NO3/c21-15-2-1-3-16(22)18(15)19-23-9-13(10-24-19)25-17-7-6-12(11-4-5-11)8-14(17)20(26)27;5-4(1-6,2-7)3-8/h1-3,6-11,25H,4-5H2,(H,26,27);6-8H,1-3,5H2. The third-order valence-electron chi connectivity index (χ3n) is 5.38. The quantitative estimate of drug-likeness (QED) is 0.280.